The van der Waals surface area contributed by atoms with E-state index in [1.807, 2.05) is 13.8 Å². The summed E-state index contributed by atoms with van der Waals surface area (Å²) < 4.78 is 14.0. The second-order valence-electron chi connectivity index (χ2n) is 6.94. The van der Waals surface area contributed by atoms with Crippen molar-refractivity contribution in [3.8, 4) is 5.95 Å². The number of rotatable bonds is 10. The molecule has 3 aromatic heterocycles. The van der Waals surface area contributed by atoms with Gasteiger partial charge in [0.2, 0.25) is 11.9 Å². The van der Waals surface area contributed by atoms with Gasteiger partial charge < -0.3 is 26.0 Å². The number of aliphatic hydroxyl groups is 1. The number of aromatic nitrogens is 7. The van der Waals surface area contributed by atoms with Crippen LogP contribution in [0, 0.1) is 0 Å². The number of fused-ring (bicyclic) bond motifs is 1. The van der Waals surface area contributed by atoms with Gasteiger partial charge >= 0.3 is 0 Å². The van der Waals surface area contributed by atoms with E-state index < -0.39 is 5.56 Å². The number of aromatic amines is 1. The highest BCUT2D eigenvalue weighted by Crippen LogP contribution is 2.16. The van der Waals surface area contributed by atoms with Gasteiger partial charge in [0.05, 0.1) is 38.3 Å². The third kappa shape index (κ3) is 4.76. The van der Waals surface area contributed by atoms with Gasteiger partial charge in [0, 0.05) is 6.61 Å². The number of aliphatic hydroxyl groups excluding tert-OH is 1. The molecule has 13 nitrogen and oxygen atoms in total. The fourth-order valence-electron chi connectivity index (χ4n) is 2.75. The zero-order valence-electron chi connectivity index (χ0n) is 16.3. The lowest BCUT2D eigenvalue weighted by molar-refractivity contribution is -0.0399. The standard InChI is InChI=1S/C16H25N9O4/c1-16(2,29-9-17)3-6-28-8-10-7-25(23-22-10)15-19-11-12(24(15)4-5-26)20-14(18)21-13(11)27/h7,26H,3-6,8-9,17H2,1-2H3,(H3,18,20,21,27). The number of anilines is 1. The SMILES string of the molecule is CC(C)(CCOCc1cn(-c2nc3c(=O)[nH]c(N)nc3n2CCO)nn1)OCN. The van der Waals surface area contributed by atoms with E-state index in [4.69, 9.17) is 20.9 Å². The molecule has 158 valence electrons. The fraction of sp³-hybridized carbons (Fsp3) is 0.562. The van der Waals surface area contributed by atoms with Crippen molar-refractivity contribution < 1.29 is 14.6 Å². The number of hydrogen-bond donors (Lipinski definition) is 4. The lowest BCUT2D eigenvalue weighted by atomic mass is 10.1. The smallest absolute Gasteiger partial charge is 0.280 e. The Bertz CT molecular complexity index is 1020. The van der Waals surface area contributed by atoms with E-state index in [1.54, 1.807) is 10.8 Å². The Balaban J connectivity index is 1.76. The average Bonchev–Trinajstić information content (AvgIpc) is 3.24. The van der Waals surface area contributed by atoms with Crippen molar-refractivity contribution in [3.63, 3.8) is 0 Å². The summed E-state index contributed by atoms with van der Waals surface area (Å²) in [5.41, 5.74) is 11.1. The monoisotopic (exact) mass is 407 g/mol. The Hall–Kier alpha value is -2.87. The Labute approximate surface area is 165 Å². The molecule has 3 aromatic rings. The number of H-pyrrole nitrogens is 1. The first kappa shape index (κ1) is 20.9. The molecule has 6 N–H and O–H groups in total. The van der Waals surface area contributed by atoms with Crippen molar-refractivity contribution >= 4 is 17.1 Å². The molecular weight excluding hydrogens is 382 g/mol. The zero-order valence-corrected chi connectivity index (χ0v) is 16.3. The molecule has 0 radical (unpaired) electrons. The summed E-state index contributed by atoms with van der Waals surface area (Å²) in [6, 6.07) is 0. The lowest BCUT2D eigenvalue weighted by Gasteiger charge is -2.23. The normalized spacial score (nSPS) is 12.1. The van der Waals surface area contributed by atoms with Crippen LogP contribution in [0.3, 0.4) is 0 Å². The molecule has 3 rings (SSSR count). The van der Waals surface area contributed by atoms with E-state index in [1.165, 1.54) is 4.68 Å². The highest BCUT2D eigenvalue weighted by molar-refractivity contribution is 5.73. The number of nitrogens with two attached hydrogens (primary N) is 2. The molecule has 0 spiro atoms. The van der Waals surface area contributed by atoms with Crippen LogP contribution >= 0.6 is 0 Å². The van der Waals surface area contributed by atoms with Crippen LogP contribution in [0.5, 0.6) is 0 Å². The Morgan fingerprint density at radius 2 is 2.14 bits per heavy atom. The minimum Gasteiger partial charge on any atom is -0.395 e. The minimum absolute atomic E-state index is 0.0395. The quantitative estimate of drug-likeness (QED) is 0.237. The van der Waals surface area contributed by atoms with E-state index >= 15 is 0 Å². The second-order valence-corrected chi connectivity index (χ2v) is 6.94. The molecule has 0 aromatic carbocycles. The first-order valence-electron chi connectivity index (χ1n) is 9.05. The maximum absolute atomic E-state index is 12.1. The summed E-state index contributed by atoms with van der Waals surface area (Å²) in [6.45, 7) is 4.70. The van der Waals surface area contributed by atoms with Gasteiger partial charge in [-0.15, -0.1) is 5.10 Å². The third-order valence-corrected chi connectivity index (χ3v) is 4.25. The van der Waals surface area contributed by atoms with Crippen molar-refractivity contribution in [1.29, 1.82) is 0 Å². The molecule has 3 heterocycles. The van der Waals surface area contributed by atoms with Crippen LogP contribution in [0.1, 0.15) is 26.0 Å². The molecule has 0 fully saturated rings. The van der Waals surface area contributed by atoms with Gasteiger partial charge in [-0.25, -0.2) is 4.98 Å². The molecule has 0 aliphatic carbocycles. The second kappa shape index (κ2) is 8.65. The number of nitrogens with one attached hydrogen (secondary N) is 1. The van der Waals surface area contributed by atoms with Crippen molar-refractivity contribution in [2.24, 2.45) is 5.73 Å². The highest BCUT2D eigenvalue weighted by atomic mass is 16.5. The molecule has 29 heavy (non-hydrogen) atoms. The first-order valence-corrected chi connectivity index (χ1v) is 9.05. The van der Waals surface area contributed by atoms with Crippen molar-refractivity contribution in [1.82, 2.24) is 34.5 Å². The predicted molar refractivity (Wildman–Crippen MR) is 103 cm³/mol. The van der Waals surface area contributed by atoms with Crippen LogP contribution in [-0.2, 0) is 22.6 Å². The predicted octanol–water partition coefficient (Wildman–Crippen LogP) is -1.11. The topological polar surface area (TPSA) is 185 Å². The molecule has 0 aliphatic heterocycles. The third-order valence-electron chi connectivity index (χ3n) is 4.25. The molecule has 0 saturated carbocycles. The van der Waals surface area contributed by atoms with Crippen molar-refractivity contribution in [2.45, 2.75) is 39.0 Å². The van der Waals surface area contributed by atoms with E-state index in [0.717, 1.165) is 0 Å². The van der Waals surface area contributed by atoms with Crippen molar-refractivity contribution in [3.05, 3.63) is 22.2 Å². The molecule has 0 unspecified atom stereocenters. The summed E-state index contributed by atoms with van der Waals surface area (Å²) in [5.74, 6) is 0.247. The van der Waals surface area contributed by atoms with Crippen LogP contribution in [0.4, 0.5) is 5.95 Å². The molecule has 13 heteroatoms. The van der Waals surface area contributed by atoms with E-state index in [9.17, 15) is 9.90 Å². The van der Waals surface area contributed by atoms with Crippen LogP contribution < -0.4 is 17.0 Å². The summed E-state index contributed by atoms with van der Waals surface area (Å²) in [5, 5.41) is 17.5. The number of hydrogen-bond acceptors (Lipinski definition) is 10. The van der Waals surface area contributed by atoms with Gasteiger partial charge in [-0.1, -0.05) is 5.21 Å². The fourth-order valence-corrected chi connectivity index (χ4v) is 2.75. The minimum atomic E-state index is -0.476. The zero-order chi connectivity index (χ0) is 21.0. The number of imidazole rings is 1. The molecule has 0 amide bonds. The molecular formula is C16H25N9O4. The van der Waals surface area contributed by atoms with Gasteiger partial charge in [-0.3, -0.25) is 14.3 Å². The summed E-state index contributed by atoms with van der Waals surface area (Å²) in [4.78, 5) is 22.9. The molecule has 0 bridgehead atoms. The van der Waals surface area contributed by atoms with E-state index in [0.29, 0.717) is 18.7 Å². The van der Waals surface area contributed by atoms with E-state index in [2.05, 4.69) is 25.3 Å². The average molecular weight is 407 g/mol. The van der Waals surface area contributed by atoms with Gasteiger partial charge in [0.15, 0.2) is 11.2 Å². The number of nitrogens with zero attached hydrogens (tertiary/aromatic N) is 6. The number of nitrogen functional groups attached to an aromatic ring is 1. The summed E-state index contributed by atoms with van der Waals surface area (Å²) in [7, 11) is 0. The van der Waals surface area contributed by atoms with Crippen molar-refractivity contribution in [2.75, 3.05) is 25.7 Å². The van der Waals surface area contributed by atoms with Crippen LogP contribution in [0.25, 0.3) is 17.1 Å². The van der Waals surface area contributed by atoms with Gasteiger partial charge in [-0.2, -0.15) is 9.67 Å². The van der Waals surface area contributed by atoms with Crippen LogP contribution in [-0.4, -0.2) is 65.2 Å². The maximum atomic E-state index is 12.1. The molecule has 0 atom stereocenters. The van der Waals surface area contributed by atoms with Gasteiger partial charge in [-0.05, 0) is 20.3 Å². The summed E-state index contributed by atoms with van der Waals surface area (Å²) in [6.07, 6.45) is 2.30. The maximum Gasteiger partial charge on any atom is 0.280 e. The molecule has 0 aliphatic rings. The number of ether oxygens (including phenoxy) is 2. The largest absolute Gasteiger partial charge is 0.395 e. The summed E-state index contributed by atoms with van der Waals surface area (Å²) >= 11 is 0. The van der Waals surface area contributed by atoms with Gasteiger partial charge in [0.25, 0.3) is 5.56 Å². The Morgan fingerprint density at radius 3 is 2.86 bits per heavy atom. The lowest BCUT2D eigenvalue weighted by Crippen LogP contribution is -2.29. The van der Waals surface area contributed by atoms with E-state index in [-0.39, 0.29) is 55.2 Å². The van der Waals surface area contributed by atoms with Gasteiger partial charge in [0.1, 0.15) is 5.69 Å². The molecule has 0 saturated heterocycles. The Morgan fingerprint density at radius 1 is 1.34 bits per heavy atom. The Kier molecular flexibility index (Phi) is 6.22. The highest BCUT2D eigenvalue weighted by Gasteiger charge is 2.19. The first-order chi connectivity index (χ1) is 13.8. The van der Waals surface area contributed by atoms with Crippen LogP contribution in [0.15, 0.2) is 11.0 Å². The van der Waals surface area contributed by atoms with Crippen LogP contribution in [0.2, 0.25) is 0 Å².